The number of hydrogen-bond acceptors (Lipinski definition) is 5. The molecule has 1 N–H and O–H groups in total. The van der Waals surface area contributed by atoms with E-state index < -0.39 is 11.0 Å². The molecule has 0 spiro atoms. The van der Waals surface area contributed by atoms with E-state index in [9.17, 15) is 9.00 Å². The van der Waals surface area contributed by atoms with E-state index >= 15 is 0 Å². The normalized spacial score (nSPS) is 15.4. The van der Waals surface area contributed by atoms with Crippen molar-refractivity contribution in [3.63, 3.8) is 0 Å². The van der Waals surface area contributed by atoms with Gasteiger partial charge in [0.05, 0.1) is 17.7 Å². The van der Waals surface area contributed by atoms with Gasteiger partial charge >= 0.3 is 0 Å². The summed E-state index contributed by atoms with van der Waals surface area (Å²) in [6, 6.07) is 8.54. The second-order valence-corrected chi connectivity index (χ2v) is 12.2. The minimum absolute atomic E-state index is 0.100. The van der Waals surface area contributed by atoms with Crippen LogP contribution >= 0.6 is 15.9 Å². The van der Waals surface area contributed by atoms with E-state index in [0.717, 1.165) is 63.4 Å². The van der Waals surface area contributed by atoms with Crippen LogP contribution in [0.5, 0.6) is 5.75 Å². The van der Waals surface area contributed by atoms with Crippen molar-refractivity contribution in [3.05, 3.63) is 45.4 Å². The number of benzene rings is 2. The molecule has 36 heavy (non-hydrogen) atoms. The summed E-state index contributed by atoms with van der Waals surface area (Å²) >= 11 is 3.72. The number of nitrogens with zero attached hydrogens (tertiary/aromatic N) is 3. The highest BCUT2D eigenvalue weighted by molar-refractivity contribution is 9.10. The molecule has 1 saturated heterocycles. The smallest absolute Gasteiger partial charge is 0.225 e. The lowest BCUT2D eigenvalue weighted by Crippen LogP contribution is -2.42. The number of halogens is 1. The van der Waals surface area contributed by atoms with Gasteiger partial charge in [-0.25, -0.2) is 8.51 Å². The Morgan fingerprint density at radius 2 is 1.69 bits per heavy atom. The van der Waals surface area contributed by atoms with E-state index in [-0.39, 0.29) is 12.3 Å². The number of nitrogens with one attached hydrogen (secondary N) is 1. The van der Waals surface area contributed by atoms with Gasteiger partial charge < -0.3 is 19.9 Å². The molecule has 0 aromatic heterocycles. The maximum atomic E-state index is 13.2. The van der Waals surface area contributed by atoms with Gasteiger partial charge in [-0.2, -0.15) is 0 Å². The monoisotopic (exact) mass is 578 g/mol. The average molecular weight is 580 g/mol. The minimum Gasteiger partial charge on any atom is -0.497 e. The Balaban J connectivity index is 1.59. The molecule has 0 aliphatic carbocycles. The summed E-state index contributed by atoms with van der Waals surface area (Å²) in [5, 5.41) is 3.04. The zero-order valence-electron chi connectivity index (χ0n) is 22.5. The standard InChI is InChI=1S/C27H39BrN4O3S/c1-18-16-25(32-12-8-21(9-13-32)30(4)5)23(28)17-24(18)29-26(33)10-11-31(6)36(34)27-19(2)14-22(35-7)15-20(27)3/h14-17,21H,8-13H2,1-7H3,(H,29,33). The molecule has 7 nitrogen and oxygen atoms in total. The molecule has 9 heteroatoms. The van der Waals surface area contributed by atoms with E-state index in [1.807, 2.05) is 39.0 Å². The molecule has 2 aromatic rings. The molecule has 1 heterocycles. The van der Waals surface area contributed by atoms with Gasteiger partial charge in [-0.1, -0.05) is 0 Å². The summed E-state index contributed by atoms with van der Waals surface area (Å²) in [4.78, 5) is 18.2. The van der Waals surface area contributed by atoms with Crippen molar-refractivity contribution < 1.29 is 13.7 Å². The topological polar surface area (TPSA) is 65.1 Å². The average Bonchev–Trinajstić information content (AvgIpc) is 2.83. The van der Waals surface area contributed by atoms with Gasteiger partial charge in [0.1, 0.15) is 16.7 Å². The summed E-state index contributed by atoms with van der Waals surface area (Å²) < 4.78 is 21.2. The molecule has 2 aromatic carbocycles. The third kappa shape index (κ3) is 6.88. The fourth-order valence-electron chi connectivity index (χ4n) is 4.68. The van der Waals surface area contributed by atoms with Gasteiger partial charge in [0.2, 0.25) is 5.91 Å². The van der Waals surface area contributed by atoms with E-state index in [0.29, 0.717) is 12.6 Å². The van der Waals surface area contributed by atoms with Crippen molar-refractivity contribution in [1.29, 1.82) is 0 Å². The Bertz CT molecular complexity index is 1090. The van der Waals surface area contributed by atoms with E-state index in [2.05, 4.69) is 51.2 Å². The summed E-state index contributed by atoms with van der Waals surface area (Å²) in [6.07, 6.45) is 2.52. The zero-order valence-corrected chi connectivity index (χ0v) is 24.9. The number of carbonyl (C=O) groups excluding carboxylic acids is 1. The van der Waals surface area contributed by atoms with Crippen molar-refractivity contribution in [1.82, 2.24) is 9.21 Å². The maximum absolute atomic E-state index is 13.2. The van der Waals surface area contributed by atoms with Crippen LogP contribution < -0.4 is 15.0 Å². The summed E-state index contributed by atoms with van der Waals surface area (Å²) in [5.41, 5.74) is 4.81. The molecule has 1 amide bonds. The minimum atomic E-state index is -1.36. The van der Waals surface area contributed by atoms with Crippen molar-refractivity contribution in [2.45, 2.75) is 51.0 Å². The molecule has 198 valence electrons. The predicted molar refractivity (Wildman–Crippen MR) is 153 cm³/mol. The fourth-order valence-corrected chi connectivity index (χ4v) is 6.51. The lowest BCUT2D eigenvalue weighted by Gasteiger charge is -2.37. The first kappa shape index (κ1) is 28.6. The Kier molecular flexibility index (Phi) is 9.97. The first-order chi connectivity index (χ1) is 17.0. The van der Waals surface area contributed by atoms with Gasteiger partial charge in [0.15, 0.2) is 0 Å². The number of rotatable bonds is 9. The van der Waals surface area contributed by atoms with Crippen molar-refractivity contribution >= 4 is 44.2 Å². The quantitative estimate of drug-likeness (QED) is 0.458. The molecule has 0 radical (unpaired) electrons. The highest BCUT2D eigenvalue weighted by atomic mass is 79.9. The predicted octanol–water partition coefficient (Wildman–Crippen LogP) is 4.90. The number of amides is 1. The second kappa shape index (κ2) is 12.5. The number of hydrogen-bond donors (Lipinski definition) is 1. The number of methoxy groups -OCH3 is 1. The number of piperidine rings is 1. The molecular weight excluding hydrogens is 540 g/mol. The SMILES string of the molecule is COc1cc(C)c(S(=O)N(C)CCC(=O)Nc2cc(Br)c(N3CCC(N(C)C)CC3)cc2C)c(C)c1. The lowest BCUT2D eigenvalue weighted by atomic mass is 10.0. The molecule has 1 unspecified atom stereocenters. The second-order valence-electron chi connectivity index (χ2n) is 9.79. The van der Waals surface area contributed by atoms with Crippen LogP contribution in [0.15, 0.2) is 33.6 Å². The lowest BCUT2D eigenvalue weighted by molar-refractivity contribution is -0.116. The van der Waals surface area contributed by atoms with Crippen LogP contribution in [0.2, 0.25) is 0 Å². The first-order valence-electron chi connectivity index (χ1n) is 12.3. The molecule has 1 atom stereocenters. The van der Waals surface area contributed by atoms with Crippen molar-refractivity contribution in [2.24, 2.45) is 0 Å². The van der Waals surface area contributed by atoms with Crippen LogP contribution in [0.1, 0.15) is 36.0 Å². The summed E-state index contributed by atoms with van der Waals surface area (Å²) in [7, 11) is 6.33. The van der Waals surface area contributed by atoms with E-state index in [1.54, 1.807) is 18.5 Å². The largest absolute Gasteiger partial charge is 0.497 e. The highest BCUT2D eigenvalue weighted by Crippen LogP contribution is 2.34. The van der Waals surface area contributed by atoms with Crippen LogP contribution in [0.3, 0.4) is 0 Å². The molecule has 1 aliphatic rings. The van der Waals surface area contributed by atoms with Crippen molar-refractivity contribution in [2.75, 3.05) is 58.1 Å². The maximum Gasteiger partial charge on any atom is 0.225 e. The van der Waals surface area contributed by atoms with Crippen molar-refractivity contribution in [3.8, 4) is 5.75 Å². The number of carbonyl (C=O) groups is 1. The van der Waals surface area contributed by atoms with Gasteiger partial charge in [-0.3, -0.25) is 4.79 Å². The van der Waals surface area contributed by atoms with Crippen LogP contribution in [-0.2, 0) is 15.8 Å². The molecule has 1 aliphatic heterocycles. The number of ether oxygens (including phenoxy) is 1. The van der Waals surface area contributed by atoms with Gasteiger partial charge in [0, 0.05) is 49.3 Å². The molecular formula is C27H39BrN4O3S. The zero-order chi connectivity index (χ0) is 26.6. The van der Waals surface area contributed by atoms with Crippen LogP contribution in [0.25, 0.3) is 0 Å². The Morgan fingerprint density at radius 1 is 1.08 bits per heavy atom. The first-order valence-corrected chi connectivity index (χ1v) is 14.2. The van der Waals surface area contributed by atoms with Crippen LogP contribution in [0.4, 0.5) is 11.4 Å². The molecule has 1 fully saturated rings. The summed E-state index contributed by atoms with van der Waals surface area (Å²) in [5.74, 6) is 0.648. The van der Waals surface area contributed by atoms with Gasteiger partial charge in [-0.05, 0) is 105 Å². The van der Waals surface area contributed by atoms with Gasteiger partial charge in [-0.15, -0.1) is 0 Å². The van der Waals surface area contributed by atoms with Gasteiger partial charge in [0.25, 0.3) is 0 Å². The van der Waals surface area contributed by atoms with Crippen LogP contribution in [-0.4, -0.2) is 73.3 Å². The van der Waals surface area contributed by atoms with E-state index in [4.69, 9.17) is 4.74 Å². The molecule has 3 rings (SSSR count). The highest BCUT2D eigenvalue weighted by Gasteiger charge is 2.23. The third-order valence-electron chi connectivity index (χ3n) is 6.88. The molecule has 0 saturated carbocycles. The summed E-state index contributed by atoms with van der Waals surface area (Å²) in [6.45, 7) is 8.29. The van der Waals surface area contributed by atoms with Crippen LogP contribution in [0, 0.1) is 20.8 Å². The van der Waals surface area contributed by atoms with E-state index in [1.165, 1.54) is 5.69 Å². The molecule has 0 bridgehead atoms. The fraction of sp³-hybridized carbons (Fsp3) is 0.519. The third-order valence-corrected chi connectivity index (χ3v) is 9.26. The Labute approximate surface area is 226 Å². The number of anilines is 2. The Morgan fingerprint density at radius 3 is 2.25 bits per heavy atom. The Hall–Kier alpha value is -1.94. The number of aryl methyl sites for hydroxylation is 3.